The second-order valence-electron chi connectivity index (χ2n) is 3.05. The third-order valence-corrected chi connectivity index (χ3v) is 2.31. The van der Waals surface area contributed by atoms with Gasteiger partial charge in [-0.3, -0.25) is 4.90 Å². The Bertz CT molecular complexity index is 220. The predicted octanol–water partition coefficient (Wildman–Crippen LogP) is 1.44. The largest absolute Gasteiger partial charge is 0.360 e. The molecule has 1 atom stereocenters. The van der Waals surface area contributed by atoms with Crippen molar-refractivity contribution in [3.05, 3.63) is 18.0 Å². The SMILES string of the molecule is CN1CCC[C@H]1c1ccno1. The quantitative estimate of drug-likeness (QED) is 0.609. The Morgan fingerprint density at radius 1 is 1.73 bits per heavy atom. The molecule has 2 heterocycles. The van der Waals surface area contributed by atoms with Crippen LogP contribution in [0.3, 0.4) is 0 Å². The Kier molecular flexibility index (Phi) is 1.66. The van der Waals surface area contributed by atoms with Gasteiger partial charge in [0.05, 0.1) is 12.2 Å². The summed E-state index contributed by atoms with van der Waals surface area (Å²) in [6, 6.07) is 2.42. The molecule has 2 rings (SSSR count). The summed E-state index contributed by atoms with van der Waals surface area (Å²) in [4.78, 5) is 2.31. The first-order valence-corrected chi connectivity index (χ1v) is 3.99. The van der Waals surface area contributed by atoms with E-state index in [0.717, 1.165) is 5.76 Å². The highest BCUT2D eigenvalue weighted by Gasteiger charge is 2.24. The van der Waals surface area contributed by atoms with Gasteiger partial charge in [-0.25, -0.2) is 0 Å². The van der Waals surface area contributed by atoms with Crippen LogP contribution in [0.15, 0.2) is 16.8 Å². The van der Waals surface area contributed by atoms with Crippen LogP contribution in [0.5, 0.6) is 0 Å². The van der Waals surface area contributed by atoms with Gasteiger partial charge in [-0.1, -0.05) is 5.16 Å². The average molecular weight is 152 g/mol. The second-order valence-corrected chi connectivity index (χ2v) is 3.05. The summed E-state index contributed by atoms with van der Waals surface area (Å²) in [6.07, 6.45) is 4.18. The molecule has 0 N–H and O–H groups in total. The Labute approximate surface area is 66.0 Å². The zero-order valence-electron chi connectivity index (χ0n) is 6.66. The van der Waals surface area contributed by atoms with Gasteiger partial charge in [0.25, 0.3) is 0 Å². The molecule has 1 fully saturated rings. The molecule has 0 spiro atoms. The first-order chi connectivity index (χ1) is 5.38. The molecule has 0 aromatic carbocycles. The molecule has 0 unspecified atom stereocenters. The number of hydrogen-bond acceptors (Lipinski definition) is 3. The normalized spacial score (nSPS) is 26.1. The van der Waals surface area contributed by atoms with Crippen molar-refractivity contribution in [1.29, 1.82) is 0 Å². The van der Waals surface area contributed by atoms with E-state index < -0.39 is 0 Å². The van der Waals surface area contributed by atoms with Gasteiger partial charge in [-0.15, -0.1) is 0 Å². The molecular formula is C8H12N2O. The summed E-state index contributed by atoms with van der Waals surface area (Å²) in [6.45, 7) is 1.17. The van der Waals surface area contributed by atoms with Crippen LogP contribution in [0.25, 0.3) is 0 Å². The lowest BCUT2D eigenvalue weighted by atomic mass is 10.2. The van der Waals surface area contributed by atoms with Gasteiger partial charge in [0.2, 0.25) is 0 Å². The van der Waals surface area contributed by atoms with Gasteiger partial charge in [0.15, 0.2) is 5.76 Å². The molecule has 1 aromatic rings. The van der Waals surface area contributed by atoms with Crippen molar-refractivity contribution >= 4 is 0 Å². The standard InChI is InChI=1S/C8H12N2O/c1-10-6-2-3-7(10)8-4-5-9-11-8/h4-5,7H,2-3,6H2,1H3/t7-/m0/s1. The van der Waals surface area contributed by atoms with Crippen LogP contribution in [-0.2, 0) is 0 Å². The second kappa shape index (κ2) is 2.66. The van der Waals surface area contributed by atoms with E-state index in [-0.39, 0.29) is 0 Å². The first kappa shape index (κ1) is 6.85. The Hall–Kier alpha value is -0.830. The van der Waals surface area contributed by atoms with Crippen molar-refractivity contribution in [3.8, 4) is 0 Å². The molecule has 1 aromatic heterocycles. The van der Waals surface area contributed by atoms with Crippen LogP contribution in [-0.4, -0.2) is 23.6 Å². The lowest BCUT2D eigenvalue weighted by Crippen LogP contribution is -2.16. The fourth-order valence-electron chi connectivity index (χ4n) is 1.67. The molecule has 0 saturated carbocycles. The molecule has 3 heteroatoms. The van der Waals surface area contributed by atoms with Gasteiger partial charge >= 0.3 is 0 Å². The summed E-state index contributed by atoms with van der Waals surface area (Å²) < 4.78 is 5.10. The third kappa shape index (κ3) is 1.16. The minimum absolute atomic E-state index is 0.470. The van der Waals surface area contributed by atoms with Crippen molar-refractivity contribution in [2.45, 2.75) is 18.9 Å². The molecule has 1 saturated heterocycles. The third-order valence-electron chi connectivity index (χ3n) is 2.31. The molecule has 1 aliphatic rings. The van der Waals surface area contributed by atoms with Gasteiger partial charge < -0.3 is 4.52 Å². The highest BCUT2D eigenvalue weighted by Crippen LogP contribution is 2.29. The molecule has 0 radical (unpaired) electrons. The summed E-state index contributed by atoms with van der Waals surface area (Å²) in [5, 5.41) is 3.70. The zero-order chi connectivity index (χ0) is 7.68. The van der Waals surface area contributed by atoms with E-state index >= 15 is 0 Å². The molecule has 1 aliphatic heterocycles. The Morgan fingerprint density at radius 2 is 2.64 bits per heavy atom. The van der Waals surface area contributed by atoms with Crippen molar-refractivity contribution in [1.82, 2.24) is 10.1 Å². The number of likely N-dealkylation sites (tertiary alicyclic amines) is 1. The Morgan fingerprint density at radius 3 is 3.18 bits per heavy atom. The fraction of sp³-hybridized carbons (Fsp3) is 0.625. The van der Waals surface area contributed by atoms with E-state index in [9.17, 15) is 0 Å². The monoisotopic (exact) mass is 152 g/mol. The summed E-state index contributed by atoms with van der Waals surface area (Å²) in [5.41, 5.74) is 0. The fourth-order valence-corrected chi connectivity index (χ4v) is 1.67. The van der Waals surface area contributed by atoms with E-state index in [2.05, 4.69) is 17.1 Å². The van der Waals surface area contributed by atoms with Crippen LogP contribution in [0.4, 0.5) is 0 Å². The molecular weight excluding hydrogens is 140 g/mol. The van der Waals surface area contributed by atoms with Gasteiger partial charge in [0.1, 0.15) is 0 Å². The maximum Gasteiger partial charge on any atom is 0.153 e. The van der Waals surface area contributed by atoms with Gasteiger partial charge in [0, 0.05) is 6.07 Å². The number of hydrogen-bond donors (Lipinski definition) is 0. The predicted molar refractivity (Wildman–Crippen MR) is 41.1 cm³/mol. The zero-order valence-corrected chi connectivity index (χ0v) is 6.66. The van der Waals surface area contributed by atoms with Crippen molar-refractivity contribution in [3.63, 3.8) is 0 Å². The molecule has 0 bridgehead atoms. The van der Waals surface area contributed by atoms with Gasteiger partial charge in [-0.05, 0) is 26.4 Å². The Balaban J connectivity index is 2.16. The number of nitrogens with zero attached hydrogens (tertiary/aromatic N) is 2. The average Bonchev–Trinajstić information content (AvgIpc) is 2.55. The lowest BCUT2D eigenvalue weighted by molar-refractivity contribution is 0.252. The van der Waals surface area contributed by atoms with Crippen LogP contribution < -0.4 is 0 Å². The molecule has 0 aliphatic carbocycles. The molecule has 11 heavy (non-hydrogen) atoms. The molecule has 3 nitrogen and oxygen atoms in total. The number of rotatable bonds is 1. The van der Waals surface area contributed by atoms with Crippen LogP contribution >= 0.6 is 0 Å². The molecule has 0 amide bonds. The minimum Gasteiger partial charge on any atom is -0.360 e. The maximum atomic E-state index is 5.10. The number of aromatic nitrogens is 1. The van der Waals surface area contributed by atoms with Crippen molar-refractivity contribution in [2.24, 2.45) is 0 Å². The van der Waals surface area contributed by atoms with E-state index in [1.807, 2.05) is 6.07 Å². The van der Waals surface area contributed by atoms with Crippen molar-refractivity contribution in [2.75, 3.05) is 13.6 Å². The van der Waals surface area contributed by atoms with E-state index in [1.54, 1.807) is 6.20 Å². The highest BCUT2D eigenvalue weighted by atomic mass is 16.5. The van der Waals surface area contributed by atoms with E-state index in [1.165, 1.54) is 19.4 Å². The lowest BCUT2D eigenvalue weighted by Gasteiger charge is -2.15. The minimum atomic E-state index is 0.470. The molecule has 60 valence electrons. The highest BCUT2D eigenvalue weighted by molar-refractivity contribution is 5.02. The van der Waals surface area contributed by atoms with Gasteiger partial charge in [-0.2, -0.15) is 0 Å². The summed E-state index contributed by atoms with van der Waals surface area (Å²) in [7, 11) is 2.13. The topological polar surface area (TPSA) is 29.3 Å². The van der Waals surface area contributed by atoms with Crippen molar-refractivity contribution < 1.29 is 4.52 Å². The van der Waals surface area contributed by atoms with E-state index in [4.69, 9.17) is 4.52 Å². The van der Waals surface area contributed by atoms with Crippen LogP contribution in [0.1, 0.15) is 24.6 Å². The summed E-state index contributed by atoms with van der Waals surface area (Å²) in [5.74, 6) is 1.00. The van der Waals surface area contributed by atoms with E-state index in [0.29, 0.717) is 6.04 Å². The summed E-state index contributed by atoms with van der Waals surface area (Å²) >= 11 is 0. The van der Waals surface area contributed by atoms with Crippen LogP contribution in [0.2, 0.25) is 0 Å². The first-order valence-electron chi connectivity index (χ1n) is 3.99. The maximum absolute atomic E-state index is 5.10. The van der Waals surface area contributed by atoms with Crippen LogP contribution in [0, 0.1) is 0 Å². The smallest absolute Gasteiger partial charge is 0.153 e.